The third-order valence-corrected chi connectivity index (χ3v) is 6.44. The molecule has 4 aromatic rings. The second kappa shape index (κ2) is 9.06. The molecule has 0 saturated heterocycles. The van der Waals surface area contributed by atoms with Gasteiger partial charge in [0.25, 0.3) is 0 Å². The Balaban J connectivity index is 1.65. The summed E-state index contributed by atoms with van der Waals surface area (Å²) in [7, 11) is 0. The molecule has 1 amide bonds. The highest BCUT2D eigenvalue weighted by atomic mass is 16.4. The number of carbonyl (C=O) groups excluding carboxylic acids is 1. The van der Waals surface area contributed by atoms with Gasteiger partial charge in [0.1, 0.15) is 11.2 Å². The molecule has 0 aliphatic heterocycles. The van der Waals surface area contributed by atoms with Crippen molar-refractivity contribution in [2.75, 3.05) is 0 Å². The molecule has 35 heavy (non-hydrogen) atoms. The van der Waals surface area contributed by atoms with Gasteiger partial charge in [0, 0.05) is 33.9 Å². The van der Waals surface area contributed by atoms with Crippen molar-refractivity contribution in [2.45, 2.75) is 58.9 Å². The van der Waals surface area contributed by atoms with Gasteiger partial charge in [-0.15, -0.1) is 0 Å². The van der Waals surface area contributed by atoms with E-state index in [0.29, 0.717) is 22.3 Å². The summed E-state index contributed by atoms with van der Waals surface area (Å²) in [6.07, 6.45) is 1.83. The number of aliphatic carboxylic acids is 1. The molecule has 1 atom stereocenters. The maximum absolute atomic E-state index is 12.8. The van der Waals surface area contributed by atoms with Crippen molar-refractivity contribution in [3.63, 3.8) is 0 Å². The first-order valence-corrected chi connectivity index (χ1v) is 11.5. The lowest BCUT2D eigenvalue weighted by atomic mass is 9.86. The van der Waals surface area contributed by atoms with Gasteiger partial charge in [0.05, 0.1) is 6.26 Å². The molecule has 0 bridgehead atoms. The maximum Gasteiger partial charge on any atom is 0.339 e. The summed E-state index contributed by atoms with van der Waals surface area (Å²) in [6, 6.07) is 9.31. The number of hydrogen-bond acceptors (Lipinski definition) is 5. The number of aryl methyl sites for hydroxylation is 2. The smallest absolute Gasteiger partial charge is 0.339 e. The normalized spacial score (nSPS) is 12.7. The summed E-state index contributed by atoms with van der Waals surface area (Å²) in [5.74, 6) is -1.61. The van der Waals surface area contributed by atoms with Crippen LogP contribution in [0.15, 0.2) is 56.3 Å². The van der Waals surface area contributed by atoms with E-state index in [0.717, 1.165) is 27.5 Å². The molecule has 7 nitrogen and oxygen atoms in total. The largest absolute Gasteiger partial charge is 0.479 e. The van der Waals surface area contributed by atoms with Crippen LogP contribution in [0.5, 0.6) is 0 Å². The second-order valence-electron chi connectivity index (χ2n) is 9.90. The number of furan rings is 1. The van der Waals surface area contributed by atoms with Gasteiger partial charge >= 0.3 is 11.6 Å². The number of fused-ring (bicyclic) bond motifs is 2. The fourth-order valence-corrected chi connectivity index (χ4v) is 4.47. The summed E-state index contributed by atoms with van der Waals surface area (Å²) in [6.45, 7) is 10.0. The van der Waals surface area contributed by atoms with Crippen LogP contribution in [-0.2, 0) is 21.4 Å². The van der Waals surface area contributed by atoms with Crippen molar-refractivity contribution in [3.05, 3.63) is 80.9 Å². The molecule has 182 valence electrons. The molecule has 0 radical (unpaired) electrons. The Morgan fingerprint density at radius 1 is 1.03 bits per heavy atom. The first-order valence-electron chi connectivity index (χ1n) is 11.5. The van der Waals surface area contributed by atoms with E-state index in [1.807, 2.05) is 19.9 Å². The Hall–Kier alpha value is -3.87. The highest BCUT2D eigenvalue weighted by Gasteiger charge is 2.25. The van der Waals surface area contributed by atoms with Crippen LogP contribution in [0.3, 0.4) is 0 Å². The Morgan fingerprint density at radius 3 is 2.34 bits per heavy atom. The van der Waals surface area contributed by atoms with E-state index in [2.05, 4.69) is 26.1 Å². The lowest BCUT2D eigenvalue weighted by molar-refractivity contribution is -0.142. The molecule has 2 N–H and O–H groups in total. The number of carbonyl (C=O) groups is 2. The topological polar surface area (TPSA) is 110 Å². The van der Waals surface area contributed by atoms with Crippen LogP contribution in [0.2, 0.25) is 0 Å². The average molecular weight is 476 g/mol. The molecule has 2 heterocycles. The Labute approximate surface area is 202 Å². The van der Waals surface area contributed by atoms with Crippen LogP contribution in [-0.4, -0.2) is 17.0 Å². The molecular weight excluding hydrogens is 446 g/mol. The minimum absolute atomic E-state index is 0.0477. The molecule has 2 aromatic carbocycles. The van der Waals surface area contributed by atoms with Crippen LogP contribution < -0.4 is 10.9 Å². The van der Waals surface area contributed by atoms with Crippen molar-refractivity contribution in [2.24, 2.45) is 0 Å². The standard InChI is InChI=1S/C28H29NO6/c1-15-18(11-12-22(30)29-23(26(31)32)17-9-7-6-8-10-17)27(33)35-25-16(2)24-20(13-19(15)25)21(14-34-24)28(3,4)5/h6-10,13-14,23H,11-12H2,1-5H3,(H,29,30)(H,31,32). The van der Waals surface area contributed by atoms with Crippen LogP contribution >= 0.6 is 0 Å². The van der Waals surface area contributed by atoms with Gasteiger partial charge in [0.2, 0.25) is 5.91 Å². The zero-order valence-corrected chi connectivity index (χ0v) is 20.5. The molecule has 0 saturated carbocycles. The fourth-order valence-electron chi connectivity index (χ4n) is 4.47. The first-order chi connectivity index (χ1) is 16.5. The minimum atomic E-state index is -1.16. The zero-order chi connectivity index (χ0) is 25.5. The third kappa shape index (κ3) is 4.58. The number of carboxylic acid groups (broad SMARTS) is 1. The van der Waals surface area contributed by atoms with Crippen molar-refractivity contribution in [1.29, 1.82) is 0 Å². The minimum Gasteiger partial charge on any atom is -0.479 e. The molecule has 0 spiro atoms. The highest BCUT2D eigenvalue weighted by Crippen LogP contribution is 2.37. The summed E-state index contributed by atoms with van der Waals surface area (Å²) in [4.78, 5) is 37.2. The number of benzene rings is 2. The molecule has 1 unspecified atom stereocenters. The van der Waals surface area contributed by atoms with Crippen LogP contribution in [0.4, 0.5) is 0 Å². The van der Waals surface area contributed by atoms with E-state index in [-0.39, 0.29) is 18.3 Å². The van der Waals surface area contributed by atoms with E-state index >= 15 is 0 Å². The van der Waals surface area contributed by atoms with Crippen molar-refractivity contribution < 1.29 is 23.5 Å². The van der Waals surface area contributed by atoms with E-state index in [4.69, 9.17) is 8.83 Å². The Kier molecular flexibility index (Phi) is 6.28. The van der Waals surface area contributed by atoms with E-state index in [1.165, 1.54) is 0 Å². The van der Waals surface area contributed by atoms with E-state index < -0.39 is 23.5 Å². The second-order valence-corrected chi connectivity index (χ2v) is 9.90. The van der Waals surface area contributed by atoms with Gasteiger partial charge in [-0.05, 0) is 42.9 Å². The maximum atomic E-state index is 12.8. The van der Waals surface area contributed by atoms with Gasteiger partial charge in [-0.2, -0.15) is 0 Å². The fraction of sp³-hybridized carbons (Fsp3) is 0.321. The van der Waals surface area contributed by atoms with Gasteiger partial charge in [0.15, 0.2) is 6.04 Å². The van der Waals surface area contributed by atoms with Crippen molar-refractivity contribution in [1.82, 2.24) is 5.32 Å². The number of nitrogens with one attached hydrogen (secondary N) is 1. The third-order valence-electron chi connectivity index (χ3n) is 6.44. The number of carboxylic acids is 1. The van der Waals surface area contributed by atoms with E-state index in [1.54, 1.807) is 36.6 Å². The lowest BCUT2D eigenvalue weighted by Crippen LogP contribution is -2.34. The number of hydrogen-bond donors (Lipinski definition) is 2. The monoisotopic (exact) mass is 475 g/mol. The van der Waals surface area contributed by atoms with Crippen molar-refractivity contribution >= 4 is 33.8 Å². The molecule has 2 aromatic heterocycles. The molecule has 0 fully saturated rings. The van der Waals surface area contributed by atoms with Crippen LogP contribution in [0.1, 0.15) is 61.1 Å². The predicted molar refractivity (Wildman–Crippen MR) is 134 cm³/mol. The molecule has 0 aliphatic carbocycles. The van der Waals surface area contributed by atoms with Gasteiger partial charge in [-0.1, -0.05) is 51.1 Å². The number of amides is 1. The van der Waals surface area contributed by atoms with Gasteiger partial charge in [-0.25, -0.2) is 9.59 Å². The first kappa shape index (κ1) is 24.3. The van der Waals surface area contributed by atoms with E-state index in [9.17, 15) is 19.5 Å². The van der Waals surface area contributed by atoms with Crippen LogP contribution in [0.25, 0.3) is 21.9 Å². The molecule has 4 rings (SSSR count). The summed E-state index contributed by atoms with van der Waals surface area (Å²) in [5.41, 5.74) is 3.96. The quantitative estimate of drug-likeness (QED) is 0.365. The predicted octanol–water partition coefficient (Wildman–Crippen LogP) is 5.33. The summed E-state index contributed by atoms with van der Waals surface area (Å²) in [5, 5.41) is 13.9. The lowest BCUT2D eigenvalue weighted by Gasteiger charge is -2.17. The Morgan fingerprint density at radius 2 is 1.71 bits per heavy atom. The van der Waals surface area contributed by atoms with Crippen molar-refractivity contribution in [3.8, 4) is 0 Å². The zero-order valence-electron chi connectivity index (χ0n) is 20.5. The van der Waals surface area contributed by atoms with Gasteiger partial charge < -0.3 is 19.3 Å². The summed E-state index contributed by atoms with van der Waals surface area (Å²) >= 11 is 0. The average Bonchev–Trinajstić information content (AvgIpc) is 3.24. The molecule has 7 heteroatoms. The molecular formula is C28H29NO6. The Bertz CT molecular complexity index is 1490. The molecule has 0 aliphatic rings. The van der Waals surface area contributed by atoms with Crippen LogP contribution in [0, 0.1) is 13.8 Å². The number of rotatable bonds is 6. The summed E-state index contributed by atoms with van der Waals surface area (Å²) < 4.78 is 11.5. The van der Waals surface area contributed by atoms with Gasteiger partial charge in [-0.3, -0.25) is 4.79 Å². The SMILES string of the molecule is Cc1c(CCC(=O)NC(C(=O)O)c2ccccc2)c(=O)oc2c(C)c3occ(C(C)(C)C)c3cc12. The highest BCUT2D eigenvalue weighted by molar-refractivity contribution is 6.00.